The molecule has 1 heterocycles. The smallest absolute Gasteiger partial charge is 0.338 e. The Morgan fingerprint density at radius 2 is 2.18 bits per heavy atom. The molecule has 1 aromatic heterocycles. The molecular weight excluding hydrogens is 280 g/mol. The molecular formula is C17H18N2O3. The van der Waals surface area contributed by atoms with Crippen molar-refractivity contribution in [1.29, 1.82) is 0 Å². The van der Waals surface area contributed by atoms with Gasteiger partial charge in [-0.05, 0) is 26.0 Å². The topological polar surface area (TPSA) is 53.4 Å². The van der Waals surface area contributed by atoms with E-state index in [1.165, 1.54) is 0 Å². The van der Waals surface area contributed by atoms with Crippen molar-refractivity contribution in [2.45, 2.75) is 20.5 Å². The molecule has 0 radical (unpaired) electrons. The molecule has 0 amide bonds. The van der Waals surface area contributed by atoms with Gasteiger partial charge in [-0.15, -0.1) is 11.0 Å². The maximum absolute atomic E-state index is 12.1. The van der Waals surface area contributed by atoms with Crippen molar-refractivity contribution < 1.29 is 14.3 Å². The molecule has 0 saturated heterocycles. The average Bonchev–Trinajstić information content (AvgIpc) is 2.92. The molecule has 2 rings (SSSR count). The molecule has 0 aliphatic heterocycles. The van der Waals surface area contributed by atoms with Gasteiger partial charge in [0, 0.05) is 30.4 Å². The minimum atomic E-state index is -0.373. The molecule has 0 spiro atoms. The standard InChI is InChI=1S/C17H18N2O3/c1-4-7-13-8-6-9-14(17(20)21-5-2)15(13)12-22-16-10-11-19(3)18-16/h6,8-11H,5,12H2,1-3H3. The van der Waals surface area contributed by atoms with Gasteiger partial charge >= 0.3 is 5.97 Å². The van der Waals surface area contributed by atoms with E-state index in [0.717, 1.165) is 5.56 Å². The summed E-state index contributed by atoms with van der Waals surface area (Å²) >= 11 is 0. The lowest BCUT2D eigenvalue weighted by atomic mass is 10.0. The number of aryl methyl sites for hydroxylation is 1. The second-order valence-corrected chi connectivity index (χ2v) is 4.54. The largest absolute Gasteiger partial charge is 0.472 e. The Morgan fingerprint density at radius 3 is 2.82 bits per heavy atom. The summed E-state index contributed by atoms with van der Waals surface area (Å²) < 4.78 is 12.4. The number of carbonyl (C=O) groups excluding carboxylic acids is 1. The van der Waals surface area contributed by atoms with Gasteiger partial charge in [-0.1, -0.05) is 12.0 Å². The fraction of sp³-hybridized carbons (Fsp3) is 0.294. The Hall–Kier alpha value is -2.74. The first kappa shape index (κ1) is 15.6. The van der Waals surface area contributed by atoms with Crippen molar-refractivity contribution in [3.63, 3.8) is 0 Å². The molecule has 0 saturated carbocycles. The normalized spacial score (nSPS) is 9.77. The van der Waals surface area contributed by atoms with Crippen LogP contribution in [0.1, 0.15) is 35.3 Å². The van der Waals surface area contributed by atoms with Crippen molar-refractivity contribution in [1.82, 2.24) is 9.78 Å². The second-order valence-electron chi connectivity index (χ2n) is 4.54. The summed E-state index contributed by atoms with van der Waals surface area (Å²) in [5.41, 5.74) is 1.93. The Balaban J connectivity index is 2.31. The highest BCUT2D eigenvalue weighted by Crippen LogP contribution is 2.18. The zero-order valence-corrected chi connectivity index (χ0v) is 12.9. The fourth-order valence-electron chi connectivity index (χ4n) is 2.01. The predicted octanol–water partition coefficient (Wildman–Crippen LogP) is 2.55. The molecule has 0 atom stereocenters. The van der Waals surface area contributed by atoms with Crippen LogP contribution in [-0.4, -0.2) is 22.4 Å². The Bertz CT molecular complexity index is 723. The van der Waals surface area contributed by atoms with Gasteiger partial charge in [0.25, 0.3) is 0 Å². The lowest BCUT2D eigenvalue weighted by Crippen LogP contribution is -2.11. The number of hydrogen-bond donors (Lipinski definition) is 0. The van der Waals surface area contributed by atoms with Crippen LogP contribution in [0.3, 0.4) is 0 Å². The molecule has 0 N–H and O–H groups in total. The molecule has 0 bridgehead atoms. The summed E-state index contributed by atoms with van der Waals surface area (Å²) in [5.74, 6) is 5.96. The average molecular weight is 298 g/mol. The molecule has 2 aromatic rings. The summed E-state index contributed by atoms with van der Waals surface area (Å²) in [7, 11) is 1.81. The molecule has 0 fully saturated rings. The molecule has 0 unspecified atom stereocenters. The van der Waals surface area contributed by atoms with E-state index in [9.17, 15) is 4.79 Å². The lowest BCUT2D eigenvalue weighted by molar-refractivity contribution is 0.0523. The lowest BCUT2D eigenvalue weighted by Gasteiger charge is -2.11. The maximum Gasteiger partial charge on any atom is 0.338 e. The van der Waals surface area contributed by atoms with Crippen molar-refractivity contribution in [3.05, 3.63) is 47.2 Å². The van der Waals surface area contributed by atoms with Gasteiger partial charge in [-0.25, -0.2) is 4.79 Å². The third-order valence-corrected chi connectivity index (χ3v) is 2.98. The summed E-state index contributed by atoms with van der Waals surface area (Å²) in [6.45, 7) is 4.05. The Morgan fingerprint density at radius 1 is 1.36 bits per heavy atom. The number of hydrogen-bond acceptors (Lipinski definition) is 4. The number of aromatic nitrogens is 2. The SMILES string of the molecule is CC#Cc1cccc(C(=O)OCC)c1COc1ccn(C)n1. The minimum absolute atomic E-state index is 0.204. The first-order valence-corrected chi connectivity index (χ1v) is 7.00. The minimum Gasteiger partial charge on any atom is -0.472 e. The number of esters is 1. The highest BCUT2D eigenvalue weighted by atomic mass is 16.5. The van der Waals surface area contributed by atoms with Crippen LogP contribution in [0.15, 0.2) is 30.5 Å². The van der Waals surface area contributed by atoms with Gasteiger partial charge in [0.05, 0.1) is 12.2 Å². The van der Waals surface area contributed by atoms with Crippen molar-refractivity contribution in [2.24, 2.45) is 7.05 Å². The predicted molar refractivity (Wildman–Crippen MR) is 82.5 cm³/mol. The molecule has 5 nitrogen and oxygen atoms in total. The Labute approximate surface area is 129 Å². The van der Waals surface area contributed by atoms with Crippen molar-refractivity contribution in [3.8, 4) is 17.7 Å². The van der Waals surface area contributed by atoms with Crippen LogP contribution in [0.2, 0.25) is 0 Å². The molecule has 0 aliphatic rings. The quantitative estimate of drug-likeness (QED) is 0.629. The number of nitrogens with zero attached hydrogens (tertiary/aromatic N) is 2. The van der Waals surface area contributed by atoms with Crippen LogP contribution >= 0.6 is 0 Å². The van der Waals surface area contributed by atoms with E-state index in [4.69, 9.17) is 9.47 Å². The first-order chi connectivity index (χ1) is 10.7. The number of ether oxygens (including phenoxy) is 2. The van der Waals surface area contributed by atoms with Crippen LogP contribution < -0.4 is 4.74 Å². The van der Waals surface area contributed by atoms with Crippen LogP contribution in [0.5, 0.6) is 5.88 Å². The van der Waals surface area contributed by atoms with Crippen LogP contribution in [-0.2, 0) is 18.4 Å². The molecule has 5 heteroatoms. The fourth-order valence-corrected chi connectivity index (χ4v) is 2.01. The van der Waals surface area contributed by atoms with Gasteiger partial charge in [0.1, 0.15) is 6.61 Å². The zero-order valence-electron chi connectivity index (χ0n) is 12.9. The van der Waals surface area contributed by atoms with Gasteiger partial charge in [0.2, 0.25) is 5.88 Å². The summed E-state index contributed by atoms with van der Waals surface area (Å²) in [4.78, 5) is 12.1. The van der Waals surface area contributed by atoms with Crippen molar-refractivity contribution >= 4 is 5.97 Å². The van der Waals surface area contributed by atoms with E-state index in [2.05, 4.69) is 16.9 Å². The van der Waals surface area contributed by atoms with Crippen LogP contribution in [0.25, 0.3) is 0 Å². The van der Waals surface area contributed by atoms with E-state index >= 15 is 0 Å². The first-order valence-electron chi connectivity index (χ1n) is 7.00. The maximum atomic E-state index is 12.1. The number of benzene rings is 1. The Kier molecular flexibility index (Phi) is 5.21. The molecule has 22 heavy (non-hydrogen) atoms. The van der Waals surface area contributed by atoms with Gasteiger partial charge in [0.15, 0.2) is 0 Å². The summed E-state index contributed by atoms with van der Waals surface area (Å²) in [6, 6.07) is 7.13. The molecule has 114 valence electrons. The van der Waals surface area contributed by atoms with E-state index in [1.807, 2.05) is 13.1 Å². The van der Waals surface area contributed by atoms with E-state index in [-0.39, 0.29) is 12.6 Å². The summed E-state index contributed by atoms with van der Waals surface area (Å²) in [5, 5.41) is 4.15. The number of carbonyl (C=O) groups is 1. The highest BCUT2D eigenvalue weighted by Gasteiger charge is 2.16. The third kappa shape index (κ3) is 3.67. The van der Waals surface area contributed by atoms with Crippen LogP contribution in [0, 0.1) is 11.8 Å². The summed E-state index contributed by atoms with van der Waals surface area (Å²) in [6.07, 6.45) is 1.79. The third-order valence-electron chi connectivity index (χ3n) is 2.98. The van der Waals surface area contributed by atoms with E-state index in [1.54, 1.807) is 42.9 Å². The number of rotatable bonds is 5. The van der Waals surface area contributed by atoms with Crippen LogP contribution in [0.4, 0.5) is 0 Å². The van der Waals surface area contributed by atoms with Crippen molar-refractivity contribution in [2.75, 3.05) is 6.61 Å². The van der Waals surface area contributed by atoms with E-state index < -0.39 is 0 Å². The van der Waals surface area contributed by atoms with Gasteiger partial charge < -0.3 is 9.47 Å². The highest BCUT2D eigenvalue weighted by molar-refractivity contribution is 5.91. The zero-order chi connectivity index (χ0) is 15.9. The monoisotopic (exact) mass is 298 g/mol. The van der Waals surface area contributed by atoms with Gasteiger partial charge in [-0.2, -0.15) is 0 Å². The second kappa shape index (κ2) is 7.32. The molecule has 1 aromatic carbocycles. The van der Waals surface area contributed by atoms with E-state index in [0.29, 0.717) is 23.6 Å². The van der Waals surface area contributed by atoms with Gasteiger partial charge in [-0.3, -0.25) is 4.68 Å². The molecule has 0 aliphatic carbocycles.